The monoisotopic (exact) mass is 280 g/mol. The molecule has 110 valence electrons. The SMILES string of the molecule is CCn1nc(C)cc1C(=O)NCCCN1CCOC1=O. The van der Waals surface area contributed by atoms with Crippen molar-refractivity contribution >= 4 is 12.0 Å². The van der Waals surface area contributed by atoms with Crippen LogP contribution in [0.15, 0.2) is 6.07 Å². The number of nitrogens with one attached hydrogen (secondary N) is 1. The second-order valence-corrected chi connectivity index (χ2v) is 4.70. The van der Waals surface area contributed by atoms with E-state index in [0.717, 1.165) is 5.69 Å². The first-order valence-corrected chi connectivity index (χ1v) is 6.86. The van der Waals surface area contributed by atoms with Gasteiger partial charge in [0, 0.05) is 19.6 Å². The second-order valence-electron chi connectivity index (χ2n) is 4.70. The average Bonchev–Trinajstić information content (AvgIpc) is 3.00. The van der Waals surface area contributed by atoms with Crippen molar-refractivity contribution in [2.75, 3.05) is 26.2 Å². The third-order valence-corrected chi connectivity index (χ3v) is 3.17. The maximum atomic E-state index is 12.0. The number of aromatic nitrogens is 2. The third-order valence-electron chi connectivity index (χ3n) is 3.17. The summed E-state index contributed by atoms with van der Waals surface area (Å²) in [6.07, 6.45) is 0.441. The highest BCUT2D eigenvalue weighted by atomic mass is 16.6. The Hall–Kier alpha value is -2.05. The summed E-state index contributed by atoms with van der Waals surface area (Å²) in [5.41, 5.74) is 1.40. The summed E-state index contributed by atoms with van der Waals surface area (Å²) >= 11 is 0. The molecule has 1 aliphatic rings. The number of cyclic esters (lactones) is 1. The van der Waals surface area contributed by atoms with Crippen LogP contribution in [0.5, 0.6) is 0 Å². The first-order chi connectivity index (χ1) is 9.61. The number of hydrogen-bond acceptors (Lipinski definition) is 4. The molecule has 1 fully saturated rings. The highest BCUT2D eigenvalue weighted by Crippen LogP contribution is 2.05. The highest BCUT2D eigenvalue weighted by Gasteiger charge is 2.21. The van der Waals surface area contributed by atoms with Crippen LogP contribution in [-0.2, 0) is 11.3 Å². The highest BCUT2D eigenvalue weighted by molar-refractivity contribution is 5.92. The zero-order valence-corrected chi connectivity index (χ0v) is 11.9. The van der Waals surface area contributed by atoms with Crippen molar-refractivity contribution in [3.8, 4) is 0 Å². The molecule has 1 aromatic heterocycles. The maximum Gasteiger partial charge on any atom is 0.409 e. The molecule has 0 atom stereocenters. The average molecular weight is 280 g/mol. The molecule has 20 heavy (non-hydrogen) atoms. The molecule has 0 unspecified atom stereocenters. The number of amides is 2. The predicted molar refractivity (Wildman–Crippen MR) is 72.5 cm³/mol. The lowest BCUT2D eigenvalue weighted by Gasteiger charge is -2.12. The van der Waals surface area contributed by atoms with E-state index in [-0.39, 0.29) is 12.0 Å². The molecule has 0 aromatic carbocycles. The van der Waals surface area contributed by atoms with Gasteiger partial charge in [0.15, 0.2) is 0 Å². The fraction of sp³-hybridized carbons (Fsp3) is 0.615. The van der Waals surface area contributed by atoms with Crippen LogP contribution in [-0.4, -0.2) is 52.9 Å². The number of rotatable bonds is 6. The minimum absolute atomic E-state index is 0.128. The van der Waals surface area contributed by atoms with Gasteiger partial charge >= 0.3 is 6.09 Å². The van der Waals surface area contributed by atoms with Gasteiger partial charge in [0.1, 0.15) is 12.3 Å². The molecule has 2 rings (SSSR count). The molecule has 1 aromatic rings. The van der Waals surface area contributed by atoms with Crippen LogP contribution in [0, 0.1) is 6.92 Å². The number of ether oxygens (including phenoxy) is 1. The quantitative estimate of drug-likeness (QED) is 0.781. The number of hydrogen-bond donors (Lipinski definition) is 1. The van der Waals surface area contributed by atoms with Crippen molar-refractivity contribution in [1.29, 1.82) is 0 Å². The lowest BCUT2D eigenvalue weighted by molar-refractivity contribution is 0.0942. The Balaban J connectivity index is 1.76. The molecular formula is C13H20N4O3. The molecular weight excluding hydrogens is 260 g/mol. The molecule has 0 radical (unpaired) electrons. The number of aryl methyl sites for hydroxylation is 2. The molecule has 7 heteroatoms. The van der Waals surface area contributed by atoms with E-state index in [2.05, 4.69) is 10.4 Å². The first-order valence-electron chi connectivity index (χ1n) is 6.86. The minimum atomic E-state index is -0.268. The number of carbonyl (C=O) groups excluding carboxylic acids is 2. The van der Waals surface area contributed by atoms with Gasteiger partial charge in [0.05, 0.1) is 12.2 Å². The standard InChI is InChI=1S/C13H20N4O3/c1-3-17-11(9-10(2)15-17)12(18)14-5-4-6-16-7-8-20-13(16)19/h9H,3-8H2,1-2H3,(H,14,18). The van der Waals surface area contributed by atoms with Gasteiger partial charge in [-0.3, -0.25) is 9.48 Å². The molecule has 2 heterocycles. The van der Waals surface area contributed by atoms with E-state index in [1.807, 2.05) is 13.8 Å². The normalized spacial score (nSPS) is 14.5. The van der Waals surface area contributed by atoms with Gasteiger partial charge in [-0.15, -0.1) is 0 Å². The van der Waals surface area contributed by atoms with Crippen LogP contribution in [0.1, 0.15) is 29.5 Å². The summed E-state index contributed by atoms with van der Waals surface area (Å²) in [5, 5.41) is 7.09. The van der Waals surface area contributed by atoms with Crippen LogP contribution in [0.25, 0.3) is 0 Å². The second kappa shape index (κ2) is 6.40. The third kappa shape index (κ3) is 3.28. The molecule has 1 aliphatic heterocycles. The predicted octanol–water partition coefficient (Wildman–Crippen LogP) is 0.784. The van der Waals surface area contributed by atoms with Crippen LogP contribution < -0.4 is 5.32 Å². The van der Waals surface area contributed by atoms with Gasteiger partial charge in [-0.2, -0.15) is 5.10 Å². The zero-order chi connectivity index (χ0) is 14.5. The van der Waals surface area contributed by atoms with Crippen molar-refractivity contribution in [3.63, 3.8) is 0 Å². The van der Waals surface area contributed by atoms with Crippen molar-refractivity contribution in [3.05, 3.63) is 17.5 Å². The van der Waals surface area contributed by atoms with Gasteiger partial charge in [-0.05, 0) is 26.3 Å². The minimum Gasteiger partial charge on any atom is -0.448 e. The molecule has 2 amide bonds. The summed E-state index contributed by atoms with van der Waals surface area (Å²) in [6, 6.07) is 1.77. The Morgan fingerprint density at radius 2 is 2.35 bits per heavy atom. The van der Waals surface area contributed by atoms with E-state index < -0.39 is 0 Å². The van der Waals surface area contributed by atoms with E-state index in [1.165, 1.54) is 0 Å². The van der Waals surface area contributed by atoms with Crippen LogP contribution >= 0.6 is 0 Å². The molecule has 0 saturated carbocycles. The summed E-state index contributed by atoms with van der Waals surface area (Å²) in [5.74, 6) is -0.128. The van der Waals surface area contributed by atoms with Gasteiger partial charge in [-0.25, -0.2) is 4.79 Å². The Labute approximate surface area is 117 Å². The fourth-order valence-electron chi connectivity index (χ4n) is 2.16. The van der Waals surface area contributed by atoms with Crippen LogP contribution in [0.2, 0.25) is 0 Å². The number of nitrogens with zero attached hydrogens (tertiary/aromatic N) is 3. The smallest absolute Gasteiger partial charge is 0.409 e. The van der Waals surface area contributed by atoms with E-state index in [0.29, 0.717) is 44.9 Å². The Kier molecular flexibility index (Phi) is 4.60. The lowest BCUT2D eigenvalue weighted by Crippen LogP contribution is -2.31. The molecule has 0 spiro atoms. The van der Waals surface area contributed by atoms with Crippen LogP contribution in [0.4, 0.5) is 4.79 Å². The largest absolute Gasteiger partial charge is 0.448 e. The molecule has 0 bridgehead atoms. The number of carbonyl (C=O) groups is 2. The maximum absolute atomic E-state index is 12.0. The van der Waals surface area contributed by atoms with E-state index in [4.69, 9.17) is 4.74 Å². The lowest BCUT2D eigenvalue weighted by atomic mass is 10.3. The molecule has 7 nitrogen and oxygen atoms in total. The summed E-state index contributed by atoms with van der Waals surface area (Å²) in [7, 11) is 0. The summed E-state index contributed by atoms with van der Waals surface area (Å²) in [4.78, 5) is 24.9. The van der Waals surface area contributed by atoms with Gasteiger partial charge in [0.25, 0.3) is 5.91 Å². The van der Waals surface area contributed by atoms with Gasteiger partial charge in [0.2, 0.25) is 0 Å². The fourth-order valence-corrected chi connectivity index (χ4v) is 2.16. The molecule has 1 saturated heterocycles. The van der Waals surface area contributed by atoms with Gasteiger partial charge < -0.3 is 15.0 Å². The van der Waals surface area contributed by atoms with Crippen molar-refractivity contribution < 1.29 is 14.3 Å². The van der Waals surface area contributed by atoms with E-state index in [1.54, 1.807) is 15.6 Å². The topological polar surface area (TPSA) is 76.5 Å². The van der Waals surface area contributed by atoms with Crippen molar-refractivity contribution in [2.24, 2.45) is 0 Å². The Morgan fingerprint density at radius 3 is 3.00 bits per heavy atom. The van der Waals surface area contributed by atoms with Crippen molar-refractivity contribution in [1.82, 2.24) is 20.0 Å². The Bertz CT molecular complexity index is 498. The Morgan fingerprint density at radius 1 is 1.55 bits per heavy atom. The van der Waals surface area contributed by atoms with Crippen LogP contribution in [0.3, 0.4) is 0 Å². The van der Waals surface area contributed by atoms with E-state index in [9.17, 15) is 9.59 Å². The molecule has 0 aliphatic carbocycles. The summed E-state index contributed by atoms with van der Waals surface area (Å²) < 4.78 is 6.52. The molecule has 1 N–H and O–H groups in total. The van der Waals surface area contributed by atoms with Gasteiger partial charge in [-0.1, -0.05) is 0 Å². The summed E-state index contributed by atoms with van der Waals surface area (Å²) in [6.45, 7) is 6.69. The van der Waals surface area contributed by atoms with E-state index >= 15 is 0 Å². The zero-order valence-electron chi connectivity index (χ0n) is 11.9. The first kappa shape index (κ1) is 14.4. The van der Waals surface area contributed by atoms with Crippen molar-refractivity contribution in [2.45, 2.75) is 26.8 Å².